The first-order valence-electron chi connectivity index (χ1n) is 6.92. The molecular formula is C16H21N3O2S. The summed E-state index contributed by atoms with van der Waals surface area (Å²) >= 11 is 0. The van der Waals surface area contributed by atoms with Crippen molar-refractivity contribution in [2.45, 2.75) is 13.8 Å². The topological polar surface area (TPSA) is 61.4 Å². The zero-order valence-electron chi connectivity index (χ0n) is 13.2. The van der Waals surface area contributed by atoms with Gasteiger partial charge in [-0.1, -0.05) is 6.07 Å². The van der Waals surface area contributed by atoms with Crippen molar-refractivity contribution in [3.63, 3.8) is 0 Å². The SMILES string of the molecule is Cc1ccc(Nc2ccc(NS(=O)(=O)N(C)C)cc2)cc1C. The van der Waals surface area contributed by atoms with Gasteiger partial charge in [0, 0.05) is 31.2 Å². The van der Waals surface area contributed by atoms with Crippen molar-refractivity contribution in [3.8, 4) is 0 Å². The van der Waals surface area contributed by atoms with Crippen LogP contribution in [0.25, 0.3) is 0 Å². The van der Waals surface area contributed by atoms with Crippen LogP contribution in [0.5, 0.6) is 0 Å². The Balaban J connectivity index is 2.10. The number of hydrogen-bond acceptors (Lipinski definition) is 3. The summed E-state index contributed by atoms with van der Waals surface area (Å²) in [4.78, 5) is 0. The molecule has 5 nitrogen and oxygen atoms in total. The zero-order valence-corrected chi connectivity index (χ0v) is 14.0. The number of rotatable bonds is 5. The van der Waals surface area contributed by atoms with Crippen LogP contribution in [0.15, 0.2) is 42.5 Å². The highest BCUT2D eigenvalue weighted by Crippen LogP contribution is 2.21. The molecule has 0 fully saturated rings. The van der Waals surface area contributed by atoms with Crippen LogP contribution in [-0.2, 0) is 10.2 Å². The van der Waals surface area contributed by atoms with Crippen molar-refractivity contribution >= 4 is 27.3 Å². The molecule has 6 heteroatoms. The number of aryl methyl sites for hydroxylation is 2. The molecule has 2 aromatic carbocycles. The predicted molar refractivity (Wildman–Crippen MR) is 91.9 cm³/mol. The second-order valence-corrected chi connectivity index (χ2v) is 7.28. The van der Waals surface area contributed by atoms with Gasteiger partial charge in [-0.3, -0.25) is 4.72 Å². The minimum Gasteiger partial charge on any atom is -0.356 e. The maximum absolute atomic E-state index is 11.7. The Morgan fingerprint density at radius 1 is 0.818 bits per heavy atom. The van der Waals surface area contributed by atoms with Gasteiger partial charge in [-0.25, -0.2) is 0 Å². The van der Waals surface area contributed by atoms with E-state index in [-0.39, 0.29) is 0 Å². The lowest BCUT2D eigenvalue weighted by atomic mass is 10.1. The number of benzene rings is 2. The lowest BCUT2D eigenvalue weighted by Gasteiger charge is -2.14. The third-order valence-corrected chi connectivity index (χ3v) is 4.86. The largest absolute Gasteiger partial charge is 0.356 e. The maximum Gasteiger partial charge on any atom is 0.301 e. The van der Waals surface area contributed by atoms with E-state index in [2.05, 4.69) is 36.0 Å². The molecule has 0 amide bonds. The Morgan fingerprint density at radius 2 is 1.36 bits per heavy atom. The van der Waals surface area contributed by atoms with Crippen molar-refractivity contribution in [1.29, 1.82) is 0 Å². The molecule has 0 aliphatic carbocycles. The first-order chi connectivity index (χ1) is 10.3. The van der Waals surface area contributed by atoms with Crippen molar-refractivity contribution in [3.05, 3.63) is 53.6 Å². The van der Waals surface area contributed by atoms with Crippen LogP contribution in [0.2, 0.25) is 0 Å². The van der Waals surface area contributed by atoms with E-state index in [1.54, 1.807) is 12.1 Å². The highest BCUT2D eigenvalue weighted by atomic mass is 32.2. The molecule has 2 aromatic rings. The minimum absolute atomic E-state index is 0.527. The van der Waals surface area contributed by atoms with Crippen molar-refractivity contribution in [2.75, 3.05) is 24.1 Å². The molecule has 0 atom stereocenters. The summed E-state index contributed by atoms with van der Waals surface area (Å²) in [5.41, 5.74) is 4.90. The van der Waals surface area contributed by atoms with Crippen LogP contribution in [0.3, 0.4) is 0 Å². The summed E-state index contributed by atoms with van der Waals surface area (Å²) < 4.78 is 27.1. The van der Waals surface area contributed by atoms with E-state index in [9.17, 15) is 8.42 Å². The Kier molecular flexibility index (Phi) is 4.73. The molecule has 0 aromatic heterocycles. The molecule has 0 spiro atoms. The smallest absolute Gasteiger partial charge is 0.301 e. The molecule has 0 aliphatic heterocycles. The zero-order chi connectivity index (χ0) is 16.3. The van der Waals surface area contributed by atoms with Gasteiger partial charge in [-0.05, 0) is 61.4 Å². The van der Waals surface area contributed by atoms with E-state index in [1.165, 1.54) is 25.2 Å². The van der Waals surface area contributed by atoms with E-state index in [4.69, 9.17) is 0 Å². The lowest BCUT2D eigenvalue weighted by Crippen LogP contribution is -2.28. The predicted octanol–water partition coefficient (Wildman–Crippen LogP) is 3.27. The number of hydrogen-bond donors (Lipinski definition) is 2. The average molecular weight is 319 g/mol. The summed E-state index contributed by atoms with van der Waals surface area (Å²) in [6.45, 7) is 4.14. The summed E-state index contributed by atoms with van der Waals surface area (Å²) in [7, 11) is -0.502. The van der Waals surface area contributed by atoms with Crippen molar-refractivity contribution < 1.29 is 8.42 Å². The average Bonchev–Trinajstić information content (AvgIpc) is 2.44. The van der Waals surface area contributed by atoms with Crippen molar-refractivity contribution in [1.82, 2.24) is 4.31 Å². The number of nitrogens with one attached hydrogen (secondary N) is 2. The molecule has 0 saturated heterocycles. The highest BCUT2D eigenvalue weighted by molar-refractivity contribution is 7.90. The van der Waals surface area contributed by atoms with Crippen LogP contribution < -0.4 is 10.0 Å². The molecule has 0 heterocycles. The molecule has 0 saturated carbocycles. The van der Waals surface area contributed by atoms with E-state index in [1.807, 2.05) is 18.2 Å². The quantitative estimate of drug-likeness (QED) is 0.889. The fourth-order valence-corrected chi connectivity index (χ4v) is 2.46. The van der Waals surface area contributed by atoms with Gasteiger partial charge in [0.25, 0.3) is 0 Å². The second kappa shape index (κ2) is 6.37. The van der Waals surface area contributed by atoms with Gasteiger partial charge in [0.2, 0.25) is 0 Å². The molecule has 2 N–H and O–H groups in total. The van der Waals surface area contributed by atoms with Crippen LogP contribution in [-0.4, -0.2) is 26.8 Å². The fraction of sp³-hybridized carbons (Fsp3) is 0.250. The Bertz CT molecular complexity index is 753. The van der Waals surface area contributed by atoms with E-state index in [0.717, 1.165) is 15.7 Å². The van der Waals surface area contributed by atoms with Gasteiger partial charge in [-0.15, -0.1) is 0 Å². The van der Waals surface area contributed by atoms with Crippen LogP contribution in [0, 0.1) is 13.8 Å². The normalized spacial score (nSPS) is 11.5. The van der Waals surface area contributed by atoms with Gasteiger partial charge in [0.15, 0.2) is 0 Å². The fourth-order valence-electron chi connectivity index (χ4n) is 1.85. The molecule has 2 rings (SSSR count). The highest BCUT2D eigenvalue weighted by Gasteiger charge is 2.12. The number of anilines is 3. The van der Waals surface area contributed by atoms with Crippen LogP contribution in [0.4, 0.5) is 17.1 Å². The Labute approximate surface area is 132 Å². The first-order valence-corrected chi connectivity index (χ1v) is 8.36. The van der Waals surface area contributed by atoms with Gasteiger partial charge in [0.1, 0.15) is 0 Å². The standard InChI is InChI=1S/C16H21N3O2S/c1-12-5-6-16(11-13(12)2)17-14-7-9-15(10-8-14)18-22(20,21)19(3)4/h5-11,17-18H,1-4H3. The third kappa shape index (κ3) is 3.99. The van der Waals surface area contributed by atoms with E-state index in [0.29, 0.717) is 5.69 Å². The van der Waals surface area contributed by atoms with Gasteiger partial charge < -0.3 is 5.32 Å². The summed E-state index contributed by atoms with van der Waals surface area (Å²) in [5, 5.41) is 3.30. The van der Waals surface area contributed by atoms with E-state index >= 15 is 0 Å². The molecular weight excluding hydrogens is 298 g/mol. The molecule has 22 heavy (non-hydrogen) atoms. The second-order valence-electron chi connectivity index (χ2n) is 5.39. The Hall–Kier alpha value is -2.05. The van der Waals surface area contributed by atoms with Gasteiger partial charge >= 0.3 is 10.2 Å². The van der Waals surface area contributed by atoms with Crippen LogP contribution >= 0.6 is 0 Å². The molecule has 0 radical (unpaired) electrons. The number of nitrogens with zero attached hydrogens (tertiary/aromatic N) is 1. The van der Waals surface area contributed by atoms with Gasteiger partial charge in [-0.2, -0.15) is 12.7 Å². The maximum atomic E-state index is 11.7. The lowest BCUT2D eigenvalue weighted by molar-refractivity contribution is 0.527. The molecule has 0 bridgehead atoms. The molecule has 0 unspecified atom stereocenters. The summed E-state index contributed by atoms with van der Waals surface area (Å²) in [6.07, 6.45) is 0. The first kappa shape index (κ1) is 16.3. The molecule has 118 valence electrons. The van der Waals surface area contributed by atoms with E-state index < -0.39 is 10.2 Å². The Morgan fingerprint density at radius 3 is 1.91 bits per heavy atom. The van der Waals surface area contributed by atoms with Gasteiger partial charge in [0.05, 0.1) is 0 Å². The molecule has 0 aliphatic rings. The summed E-state index contributed by atoms with van der Waals surface area (Å²) in [5.74, 6) is 0. The third-order valence-electron chi connectivity index (χ3n) is 3.41. The monoisotopic (exact) mass is 319 g/mol. The summed E-state index contributed by atoms with van der Waals surface area (Å²) in [6, 6.07) is 13.3. The minimum atomic E-state index is -3.47. The van der Waals surface area contributed by atoms with Crippen molar-refractivity contribution in [2.24, 2.45) is 0 Å². The van der Waals surface area contributed by atoms with Crippen LogP contribution in [0.1, 0.15) is 11.1 Å².